The predicted octanol–water partition coefficient (Wildman–Crippen LogP) is 7.98. The number of aliphatic hydroxyl groups is 1. The topological polar surface area (TPSA) is 369 Å². The van der Waals surface area contributed by atoms with Crippen LogP contribution < -0.4 is 31.5 Å². The van der Waals surface area contributed by atoms with E-state index in [0.717, 1.165) is 61.6 Å². The third-order valence-corrected chi connectivity index (χ3v) is 20.0. The summed E-state index contributed by atoms with van der Waals surface area (Å²) in [6, 6.07) is 9.10. The standard InChI is InChI=1S/C57H57N13O13S6/c1-25(2)41-55-69-44(36(89-55)20-82-5)48(77)59-18-39(72)66-45(46(75)27-9-7-6-8-10-27)54-64-35(23-86-54)52-62-33(21-85-52)43-30(50-63-34(22-84-50)47(76)61-32(17-38(71)58-4)53-68-42(26(3)88-53)49(78)67-41)15-16-31(60-43)51-65-37(24-87-51)70(19-40(73)74)57(81)83-29-13-11-28(12-14-29)56(79)80/h6-10,15-16,21-25,28-29,32,41,45-46,75H,11-14,17-20H2,1-5H3,(H,58,71)(H,59,77)(H,61,76)(H,66,72)(H,67,78)(H,73,74)(H,79,80)/t28-,29-,32-,41?,45-,46-/m0/s1. The number of aliphatic hydroxyl groups excluding tert-OH is 1. The Balaban J connectivity index is 1.04. The molecule has 1 aliphatic carbocycles. The zero-order valence-corrected chi connectivity index (χ0v) is 52.9. The van der Waals surface area contributed by atoms with Gasteiger partial charge in [-0.2, -0.15) is 0 Å². The molecule has 0 radical (unpaired) electrons. The van der Waals surface area contributed by atoms with Gasteiger partial charge in [0.1, 0.15) is 94.8 Å². The van der Waals surface area contributed by atoms with E-state index in [9.17, 15) is 53.7 Å². The van der Waals surface area contributed by atoms with Crippen molar-refractivity contribution in [2.24, 2.45) is 11.8 Å². The van der Waals surface area contributed by atoms with Crippen LogP contribution in [0.25, 0.3) is 43.4 Å². The largest absolute Gasteiger partial charge is 0.481 e. The van der Waals surface area contributed by atoms with Gasteiger partial charge < -0.3 is 51.4 Å². The van der Waals surface area contributed by atoms with Gasteiger partial charge in [0.25, 0.3) is 17.7 Å². The number of pyridine rings is 1. The fourth-order valence-electron chi connectivity index (χ4n) is 9.71. The van der Waals surface area contributed by atoms with Crippen molar-refractivity contribution in [3.8, 4) is 43.4 Å². The molecule has 1 fully saturated rings. The van der Waals surface area contributed by atoms with Crippen LogP contribution in [0.1, 0.15) is 132 Å². The highest BCUT2D eigenvalue weighted by Gasteiger charge is 2.35. The van der Waals surface area contributed by atoms with Crippen molar-refractivity contribution in [2.75, 3.05) is 32.1 Å². The van der Waals surface area contributed by atoms with Crippen LogP contribution in [0.15, 0.2) is 64.0 Å². The minimum atomic E-state index is -1.34. The molecule has 10 rings (SSSR count). The minimum Gasteiger partial charge on any atom is -0.481 e. The van der Waals surface area contributed by atoms with Gasteiger partial charge in [-0.3, -0.25) is 33.6 Å². The van der Waals surface area contributed by atoms with Crippen LogP contribution in [0, 0.1) is 18.8 Å². The summed E-state index contributed by atoms with van der Waals surface area (Å²) in [5.74, 6) is -6.18. The first-order valence-electron chi connectivity index (χ1n) is 27.6. The number of carboxylic acid groups (broad SMARTS) is 2. The lowest BCUT2D eigenvalue weighted by atomic mass is 9.87. The number of nitrogens with one attached hydrogen (secondary N) is 5. The highest BCUT2D eigenvalue weighted by atomic mass is 32.1. The Kier molecular flexibility index (Phi) is 20.0. The molecule has 26 nitrogen and oxygen atoms in total. The van der Waals surface area contributed by atoms with Crippen LogP contribution >= 0.6 is 68.0 Å². The predicted molar refractivity (Wildman–Crippen MR) is 332 cm³/mol. The number of ether oxygens (including phenoxy) is 2. The summed E-state index contributed by atoms with van der Waals surface area (Å²) in [6.45, 7) is 4.07. The summed E-state index contributed by atoms with van der Waals surface area (Å²) < 4.78 is 11.1. The number of hydrogen-bond donors (Lipinski definition) is 8. The van der Waals surface area contributed by atoms with Gasteiger partial charge in [-0.05, 0) is 56.2 Å². The number of benzene rings is 1. The van der Waals surface area contributed by atoms with Crippen molar-refractivity contribution in [1.82, 2.24) is 61.5 Å². The molecular weight excluding hydrogens is 1270 g/mol. The number of thiazole rings is 6. The number of carbonyl (C=O) groups is 8. The summed E-state index contributed by atoms with van der Waals surface area (Å²) in [5, 5.41) is 53.7. The van der Waals surface area contributed by atoms with Crippen LogP contribution in [-0.4, -0.2) is 131 Å². The molecular formula is C57H57N13O13S6. The zero-order valence-electron chi connectivity index (χ0n) is 48.0. The second kappa shape index (κ2) is 28.0. The van der Waals surface area contributed by atoms with E-state index < -0.39 is 96.9 Å². The summed E-state index contributed by atoms with van der Waals surface area (Å²) in [4.78, 5) is 143. The number of anilines is 1. The van der Waals surface area contributed by atoms with Crippen molar-refractivity contribution in [3.63, 3.8) is 0 Å². The second-order valence-electron chi connectivity index (χ2n) is 20.8. The van der Waals surface area contributed by atoms with Gasteiger partial charge in [-0.15, -0.1) is 68.0 Å². The van der Waals surface area contributed by atoms with Crippen LogP contribution in [0.5, 0.6) is 0 Å². The number of carbonyl (C=O) groups excluding carboxylic acids is 6. The van der Waals surface area contributed by atoms with Gasteiger partial charge in [0.2, 0.25) is 11.8 Å². The Hall–Kier alpha value is -8.37. The quantitative estimate of drug-likeness (QED) is 0.0542. The lowest BCUT2D eigenvalue weighted by Crippen LogP contribution is -2.40. The average Bonchev–Trinajstić information content (AvgIpc) is 2.72. The number of nitrogens with zero attached hydrogens (tertiary/aromatic N) is 8. The number of carboxylic acids is 2. The molecule has 1 unspecified atom stereocenters. The van der Waals surface area contributed by atoms with Crippen molar-refractivity contribution in [1.29, 1.82) is 0 Å². The number of methoxy groups -OCH3 is 1. The molecule has 10 bridgehead atoms. The summed E-state index contributed by atoms with van der Waals surface area (Å²) in [7, 11) is 2.91. The van der Waals surface area contributed by atoms with E-state index in [4.69, 9.17) is 29.4 Å². The number of aryl methyl sites for hydroxylation is 1. The van der Waals surface area contributed by atoms with Gasteiger partial charge in [-0.1, -0.05) is 44.2 Å². The second-order valence-corrected chi connectivity index (χ2v) is 26.6. The number of rotatable bonds is 13. The Bertz CT molecular complexity index is 3960. The number of aromatic nitrogens is 7. The number of amides is 6. The molecule has 4 atom stereocenters. The molecule has 8 heterocycles. The van der Waals surface area contributed by atoms with Gasteiger partial charge in [-0.25, -0.2) is 44.6 Å². The SMILES string of the molecule is CNC(=O)C[C@@H]1NC(=O)c2csc(n2)-c2ccc(-c3nc(N(CC(=O)O)C(=O)O[C@H]4CC[C@H](C(=O)O)CC4)cs3)nc2-c2csc(n2)-c2csc(n2)[C@H]([C@@H](O)c2ccccc2)NC(=O)CNC(=O)c2nc(sc2COC)C(C(C)C)NC(=O)c2nc1sc2C. The lowest BCUT2D eigenvalue weighted by Gasteiger charge is -2.28. The van der Waals surface area contributed by atoms with Crippen molar-refractivity contribution >= 4 is 121 Å². The highest BCUT2D eigenvalue weighted by molar-refractivity contribution is 7.15. The Morgan fingerprint density at radius 2 is 1.39 bits per heavy atom. The molecule has 89 heavy (non-hydrogen) atoms. The molecule has 464 valence electrons. The average molecular weight is 1320 g/mol. The molecule has 0 spiro atoms. The third kappa shape index (κ3) is 14.7. The van der Waals surface area contributed by atoms with E-state index in [2.05, 4.69) is 41.5 Å². The van der Waals surface area contributed by atoms with Crippen LogP contribution in [0.4, 0.5) is 10.6 Å². The van der Waals surface area contributed by atoms with E-state index >= 15 is 0 Å². The summed E-state index contributed by atoms with van der Waals surface area (Å²) in [5.41, 5.74) is 2.10. The van der Waals surface area contributed by atoms with Crippen LogP contribution in [0.2, 0.25) is 0 Å². The Labute approximate surface area is 531 Å². The smallest absolute Gasteiger partial charge is 0.416 e. The van der Waals surface area contributed by atoms with Crippen LogP contribution in [-0.2, 0) is 35.3 Å². The molecule has 8 aromatic rings. The maximum atomic E-state index is 14.4. The Morgan fingerprint density at radius 3 is 2.11 bits per heavy atom. The number of fused-ring (bicyclic) bond motifs is 14. The van der Waals surface area contributed by atoms with E-state index in [1.54, 1.807) is 60.1 Å². The first kappa shape index (κ1) is 63.6. The molecule has 7 aromatic heterocycles. The van der Waals surface area contributed by atoms with E-state index in [-0.39, 0.29) is 76.1 Å². The minimum absolute atomic E-state index is 0.0173. The van der Waals surface area contributed by atoms with Crippen molar-refractivity contribution in [3.05, 3.63) is 111 Å². The molecule has 0 saturated heterocycles. The van der Waals surface area contributed by atoms with Gasteiger partial charge in [0.05, 0.1) is 48.1 Å². The third-order valence-electron chi connectivity index (χ3n) is 14.3. The summed E-state index contributed by atoms with van der Waals surface area (Å²) >= 11 is 6.81. The van der Waals surface area contributed by atoms with Gasteiger partial charge in [0, 0.05) is 46.1 Å². The number of hydrogen-bond acceptors (Lipinski definition) is 24. The molecule has 6 amide bonds. The first-order chi connectivity index (χ1) is 42.7. The monoisotopic (exact) mass is 1320 g/mol. The number of aliphatic carboxylic acids is 2. The molecule has 1 saturated carbocycles. The molecule has 1 aromatic carbocycles. The fourth-order valence-corrected chi connectivity index (χ4v) is 15.3. The van der Waals surface area contributed by atoms with Crippen LogP contribution in [0.3, 0.4) is 0 Å². The fraction of sp³-hybridized carbons (Fsp3) is 0.351. The van der Waals surface area contributed by atoms with Gasteiger partial charge >= 0.3 is 18.0 Å². The summed E-state index contributed by atoms with van der Waals surface area (Å²) in [6.07, 6.45) is -2.01. The maximum absolute atomic E-state index is 14.4. The van der Waals surface area contributed by atoms with Crippen molar-refractivity contribution in [2.45, 2.75) is 89.8 Å². The van der Waals surface area contributed by atoms with E-state index in [1.807, 2.05) is 13.8 Å². The van der Waals surface area contributed by atoms with E-state index in [1.165, 1.54) is 36.3 Å². The Morgan fingerprint density at radius 1 is 0.697 bits per heavy atom. The zero-order chi connectivity index (χ0) is 63.2. The normalized spacial score (nSPS) is 18.6. The van der Waals surface area contributed by atoms with Gasteiger partial charge in [0.15, 0.2) is 0 Å². The van der Waals surface area contributed by atoms with Crippen molar-refractivity contribution < 1.29 is 63.1 Å². The highest BCUT2D eigenvalue weighted by Crippen LogP contribution is 2.41. The molecule has 8 N–H and O–H groups in total. The lowest BCUT2D eigenvalue weighted by molar-refractivity contribution is -0.143. The first-order valence-corrected chi connectivity index (χ1v) is 32.8. The molecule has 1 aliphatic heterocycles. The maximum Gasteiger partial charge on any atom is 0.416 e. The molecule has 32 heteroatoms. The van der Waals surface area contributed by atoms with E-state index in [0.29, 0.717) is 65.1 Å². The molecule has 2 aliphatic rings.